The average molecular weight is 266 g/mol. The van der Waals surface area contributed by atoms with E-state index >= 15 is 0 Å². The highest BCUT2D eigenvalue weighted by Crippen LogP contribution is 2.13. The molecule has 0 aliphatic rings. The minimum absolute atomic E-state index is 0.0407. The molecular formula is C12H18N4O3. The minimum atomic E-state index is -0.860. The van der Waals surface area contributed by atoms with E-state index in [4.69, 9.17) is 5.73 Å². The molecule has 0 radical (unpaired) electrons. The Labute approximate surface area is 111 Å². The number of carbonyl (C=O) groups is 2. The fourth-order valence-corrected chi connectivity index (χ4v) is 1.40. The molecule has 0 saturated heterocycles. The summed E-state index contributed by atoms with van der Waals surface area (Å²) in [7, 11) is 0. The molecule has 7 heteroatoms. The third-order valence-corrected chi connectivity index (χ3v) is 2.26. The maximum absolute atomic E-state index is 11.9. The summed E-state index contributed by atoms with van der Waals surface area (Å²) < 4.78 is 4.52. The fourth-order valence-electron chi connectivity index (χ4n) is 1.40. The van der Waals surface area contributed by atoms with E-state index in [0.29, 0.717) is 5.56 Å². The molecule has 0 aliphatic carbocycles. The molecule has 0 atom stereocenters. The highest BCUT2D eigenvalue weighted by atomic mass is 16.5. The van der Waals surface area contributed by atoms with E-state index in [2.05, 4.69) is 20.4 Å². The lowest BCUT2D eigenvalue weighted by atomic mass is 10.2. The van der Waals surface area contributed by atoms with Crippen LogP contribution >= 0.6 is 0 Å². The number of nitrogens with two attached hydrogens (primary N) is 1. The number of hydrogen-bond acceptors (Lipinski definition) is 5. The summed E-state index contributed by atoms with van der Waals surface area (Å²) in [6, 6.07) is 1.74. The zero-order valence-corrected chi connectivity index (χ0v) is 10.8. The van der Waals surface area contributed by atoms with Crippen LogP contribution in [0.4, 0.5) is 10.5 Å². The molecule has 0 spiro atoms. The van der Waals surface area contributed by atoms with Gasteiger partial charge >= 0.3 is 6.09 Å². The number of nitrogens with one attached hydrogen (secondary N) is 2. The van der Waals surface area contributed by atoms with Crippen molar-refractivity contribution in [2.75, 3.05) is 25.0 Å². The Morgan fingerprint density at radius 2 is 2.21 bits per heavy atom. The first kappa shape index (κ1) is 14.7. The predicted octanol–water partition coefficient (Wildman–Crippen LogP) is 0.729. The number of aromatic nitrogens is 1. The zero-order valence-electron chi connectivity index (χ0n) is 10.8. The third-order valence-electron chi connectivity index (χ3n) is 2.26. The van der Waals surface area contributed by atoms with Crippen molar-refractivity contribution in [3.63, 3.8) is 0 Å². The first-order valence-corrected chi connectivity index (χ1v) is 6.03. The number of pyridine rings is 1. The topological polar surface area (TPSA) is 106 Å². The number of carbonyl (C=O) groups excluding carboxylic acids is 2. The van der Waals surface area contributed by atoms with Gasteiger partial charge in [0.1, 0.15) is 6.61 Å². The molecule has 0 aromatic carbocycles. The fraction of sp³-hybridized carbons (Fsp3) is 0.417. The van der Waals surface area contributed by atoms with E-state index < -0.39 is 6.09 Å². The summed E-state index contributed by atoms with van der Waals surface area (Å²) in [6.45, 7) is 3.05. The van der Waals surface area contributed by atoms with Gasteiger partial charge in [-0.2, -0.15) is 0 Å². The Morgan fingerprint density at radius 1 is 1.42 bits per heavy atom. The van der Waals surface area contributed by atoms with E-state index in [1.54, 1.807) is 12.3 Å². The van der Waals surface area contributed by atoms with Crippen LogP contribution in [0.2, 0.25) is 0 Å². The normalized spacial score (nSPS) is 9.74. The molecule has 0 fully saturated rings. The Hall–Kier alpha value is -2.31. The van der Waals surface area contributed by atoms with Gasteiger partial charge in [-0.05, 0) is 12.5 Å². The second-order valence-corrected chi connectivity index (χ2v) is 3.77. The van der Waals surface area contributed by atoms with Crippen LogP contribution in [0.25, 0.3) is 0 Å². The van der Waals surface area contributed by atoms with Crippen LogP contribution in [0.3, 0.4) is 0 Å². The van der Waals surface area contributed by atoms with Gasteiger partial charge in [0.05, 0.1) is 17.8 Å². The lowest BCUT2D eigenvalue weighted by molar-refractivity contribution is 0.0937. The standard InChI is InChI=1S/C12H18N4O3/c1-2-4-15-10-3-5-14-8-9(10)11(17)16-6-7-19-12(13)18/h3,5,8H,2,4,6-7H2,1H3,(H2,13,18)(H,14,15)(H,16,17). The van der Waals surface area contributed by atoms with Gasteiger partial charge in [0, 0.05) is 18.9 Å². The molecule has 104 valence electrons. The number of amides is 2. The lowest BCUT2D eigenvalue weighted by Crippen LogP contribution is -2.29. The van der Waals surface area contributed by atoms with Crippen molar-refractivity contribution in [2.24, 2.45) is 5.73 Å². The molecule has 1 aromatic rings. The van der Waals surface area contributed by atoms with Crippen molar-refractivity contribution in [3.8, 4) is 0 Å². The van der Waals surface area contributed by atoms with Crippen molar-refractivity contribution in [1.29, 1.82) is 0 Å². The monoisotopic (exact) mass is 266 g/mol. The van der Waals surface area contributed by atoms with Crippen molar-refractivity contribution < 1.29 is 14.3 Å². The summed E-state index contributed by atoms with van der Waals surface area (Å²) in [6.07, 6.45) is 3.20. The van der Waals surface area contributed by atoms with Gasteiger partial charge < -0.3 is 21.1 Å². The first-order chi connectivity index (χ1) is 9.15. The molecule has 0 unspecified atom stereocenters. The molecule has 1 rings (SSSR count). The second kappa shape index (κ2) is 7.91. The first-order valence-electron chi connectivity index (χ1n) is 6.03. The molecule has 0 saturated carbocycles. The molecule has 19 heavy (non-hydrogen) atoms. The summed E-state index contributed by atoms with van der Waals surface area (Å²) >= 11 is 0. The van der Waals surface area contributed by atoms with Crippen molar-refractivity contribution in [3.05, 3.63) is 24.0 Å². The Balaban J connectivity index is 2.53. The van der Waals surface area contributed by atoms with Gasteiger partial charge in [0.25, 0.3) is 5.91 Å². The number of nitrogens with zero attached hydrogens (tertiary/aromatic N) is 1. The maximum atomic E-state index is 11.9. The minimum Gasteiger partial charge on any atom is -0.448 e. The van der Waals surface area contributed by atoms with Gasteiger partial charge in [-0.3, -0.25) is 9.78 Å². The van der Waals surface area contributed by atoms with Gasteiger partial charge in [0.15, 0.2) is 0 Å². The number of hydrogen-bond donors (Lipinski definition) is 3. The summed E-state index contributed by atoms with van der Waals surface area (Å²) in [5, 5.41) is 5.77. The van der Waals surface area contributed by atoms with Crippen molar-refractivity contribution >= 4 is 17.7 Å². The largest absolute Gasteiger partial charge is 0.448 e. The van der Waals surface area contributed by atoms with E-state index in [0.717, 1.165) is 18.7 Å². The Morgan fingerprint density at radius 3 is 2.89 bits per heavy atom. The van der Waals surface area contributed by atoms with Gasteiger partial charge in [-0.15, -0.1) is 0 Å². The molecule has 4 N–H and O–H groups in total. The zero-order chi connectivity index (χ0) is 14.1. The molecule has 0 bridgehead atoms. The van der Waals surface area contributed by atoms with Crippen molar-refractivity contribution in [1.82, 2.24) is 10.3 Å². The second-order valence-electron chi connectivity index (χ2n) is 3.77. The van der Waals surface area contributed by atoms with Gasteiger partial charge in [-0.1, -0.05) is 6.92 Å². The van der Waals surface area contributed by atoms with Crippen LogP contribution in [0.5, 0.6) is 0 Å². The molecule has 1 aromatic heterocycles. The van der Waals surface area contributed by atoms with Crippen LogP contribution < -0.4 is 16.4 Å². The van der Waals surface area contributed by atoms with Crippen molar-refractivity contribution in [2.45, 2.75) is 13.3 Å². The van der Waals surface area contributed by atoms with Gasteiger partial charge in [-0.25, -0.2) is 4.79 Å². The number of primary amides is 1. The van der Waals surface area contributed by atoms with Crippen LogP contribution in [0.1, 0.15) is 23.7 Å². The summed E-state index contributed by atoms with van der Waals surface area (Å²) in [5.41, 5.74) is 5.99. The highest BCUT2D eigenvalue weighted by Gasteiger charge is 2.10. The Bertz CT molecular complexity index is 437. The van der Waals surface area contributed by atoms with Crippen LogP contribution in [-0.4, -0.2) is 36.7 Å². The van der Waals surface area contributed by atoms with E-state index in [1.807, 2.05) is 6.92 Å². The van der Waals surface area contributed by atoms with Crippen LogP contribution in [0, 0.1) is 0 Å². The van der Waals surface area contributed by atoms with Crippen LogP contribution in [-0.2, 0) is 4.74 Å². The van der Waals surface area contributed by atoms with Gasteiger partial charge in [0.2, 0.25) is 0 Å². The SMILES string of the molecule is CCCNc1ccncc1C(=O)NCCOC(N)=O. The average Bonchev–Trinajstić information content (AvgIpc) is 2.41. The smallest absolute Gasteiger partial charge is 0.404 e. The third kappa shape index (κ3) is 5.24. The maximum Gasteiger partial charge on any atom is 0.404 e. The molecule has 0 aliphatic heterocycles. The quantitative estimate of drug-likeness (QED) is 0.631. The molecule has 7 nitrogen and oxygen atoms in total. The van der Waals surface area contributed by atoms with E-state index in [9.17, 15) is 9.59 Å². The number of rotatable bonds is 7. The number of ether oxygens (including phenoxy) is 1. The molecular weight excluding hydrogens is 248 g/mol. The Kier molecular flexibility index (Phi) is 6.14. The van der Waals surface area contributed by atoms with E-state index in [-0.39, 0.29) is 19.1 Å². The molecule has 2 amide bonds. The lowest BCUT2D eigenvalue weighted by Gasteiger charge is -2.11. The van der Waals surface area contributed by atoms with E-state index in [1.165, 1.54) is 6.20 Å². The predicted molar refractivity (Wildman–Crippen MR) is 70.9 cm³/mol. The highest BCUT2D eigenvalue weighted by molar-refractivity contribution is 5.99. The summed E-state index contributed by atoms with van der Waals surface area (Å²) in [5.74, 6) is -0.278. The summed E-state index contributed by atoms with van der Waals surface area (Å²) in [4.78, 5) is 26.2. The van der Waals surface area contributed by atoms with Crippen LogP contribution in [0.15, 0.2) is 18.5 Å². The number of anilines is 1. The molecule has 1 heterocycles.